The number of aromatic amines is 1. The van der Waals surface area contributed by atoms with Gasteiger partial charge in [-0.3, -0.25) is 5.10 Å². The van der Waals surface area contributed by atoms with Gasteiger partial charge in [0.25, 0.3) is 0 Å². The molecule has 0 bridgehead atoms. The molecule has 0 saturated heterocycles. The molecule has 1 aromatic heterocycles. The van der Waals surface area contributed by atoms with Gasteiger partial charge < -0.3 is 0 Å². The van der Waals surface area contributed by atoms with Crippen LogP contribution in [0.5, 0.6) is 0 Å². The normalized spacial score (nSPS) is 11.0. The van der Waals surface area contributed by atoms with Crippen molar-refractivity contribution < 1.29 is 0 Å². The van der Waals surface area contributed by atoms with E-state index < -0.39 is 6.89 Å². The topological polar surface area (TPSA) is 65.4 Å². The third kappa shape index (κ3) is 2.97. The lowest BCUT2D eigenvalue weighted by molar-refractivity contribution is 1.03. The minimum Gasteiger partial charge on any atom is -0.263 e. The summed E-state index contributed by atoms with van der Waals surface area (Å²) in [4.78, 5) is 4.53. The lowest BCUT2D eigenvalue weighted by atomic mass is 10.3. The van der Waals surface area contributed by atoms with Crippen LogP contribution in [0.15, 0.2) is 91.0 Å². The van der Waals surface area contributed by atoms with Crippen LogP contribution in [0.4, 0.5) is 0 Å². The molecule has 136 valence electrons. The number of nitrogens with zero attached hydrogens (tertiary/aromatic N) is 3. The number of aryl methyl sites for hydroxylation is 1. The number of rotatable bonds is 4. The molecule has 0 saturated carbocycles. The highest BCUT2D eigenvalue weighted by molar-refractivity contribution is 7.96. The molecule has 0 aliphatic carbocycles. The summed E-state index contributed by atoms with van der Waals surface area (Å²) in [5, 5.41) is 21.5. The molecule has 4 aromatic rings. The Morgan fingerprint density at radius 3 is 1.54 bits per heavy atom. The molecule has 1 heterocycles. The van der Waals surface area contributed by atoms with Gasteiger partial charge in [-0.1, -0.05) is 91.0 Å². The molecule has 28 heavy (non-hydrogen) atoms. The van der Waals surface area contributed by atoms with E-state index in [4.69, 9.17) is 0 Å². The largest absolute Gasteiger partial charge is 0.263 e. The summed E-state index contributed by atoms with van der Waals surface area (Å²) >= 11 is 0. The first-order valence-electron chi connectivity index (χ1n) is 8.99. The second-order valence-corrected chi connectivity index (χ2v) is 9.72. The van der Waals surface area contributed by atoms with E-state index in [1.54, 1.807) is 0 Å². The fraction of sp³-hybridized carbons (Fsp3) is 0.0435. The van der Waals surface area contributed by atoms with Gasteiger partial charge in [0.2, 0.25) is 0 Å². The van der Waals surface area contributed by atoms with Crippen molar-refractivity contribution >= 4 is 28.1 Å². The summed E-state index contributed by atoms with van der Waals surface area (Å²) in [6.07, 6.45) is 0. The van der Waals surface area contributed by atoms with Crippen molar-refractivity contribution in [1.29, 1.82) is 5.26 Å². The molecule has 0 unspecified atom stereocenters. The van der Waals surface area contributed by atoms with Crippen LogP contribution in [-0.2, 0) is 0 Å². The molecule has 0 fully saturated rings. The summed E-state index contributed by atoms with van der Waals surface area (Å²) in [6, 6.07) is 33.2. The SMILES string of the molecule is Cc1nc(C(C#N)=P(c2ccccc2)(c2ccccc2)c2ccccc2)n[nH]1. The van der Waals surface area contributed by atoms with Crippen LogP contribution < -0.4 is 15.9 Å². The monoisotopic (exact) mass is 382 g/mol. The minimum absolute atomic E-state index is 0.463. The van der Waals surface area contributed by atoms with E-state index in [1.165, 1.54) is 0 Å². The molecule has 4 nitrogen and oxygen atoms in total. The number of hydrogen-bond acceptors (Lipinski definition) is 3. The van der Waals surface area contributed by atoms with Crippen LogP contribution in [0.2, 0.25) is 0 Å². The fourth-order valence-corrected chi connectivity index (χ4v) is 7.59. The lowest BCUT2D eigenvalue weighted by Gasteiger charge is -2.29. The maximum Gasteiger partial charge on any atom is 0.192 e. The Bertz CT molecular complexity index is 1070. The van der Waals surface area contributed by atoms with Crippen LogP contribution in [0.1, 0.15) is 11.6 Å². The predicted molar refractivity (Wildman–Crippen MR) is 116 cm³/mol. The van der Waals surface area contributed by atoms with Crippen molar-refractivity contribution in [3.8, 4) is 6.07 Å². The molecule has 5 heteroatoms. The van der Waals surface area contributed by atoms with Gasteiger partial charge in [0.15, 0.2) is 5.82 Å². The van der Waals surface area contributed by atoms with E-state index >= 15 is 0 Å². The summed E-state index contributed by atoms with van der Waals surface area (Å²) in [5.41, 5.74) is 0. The zero-order valence-corrected chi connectivity index (χ0v) is 16.3. The molecule has 3 aromatic carbocycles. The van der Waals surface area contributed by atoms with Crippen LogP contribution in [0.25, 0.3) is 0 Å². The van der Waals surface area contributed by atoms with E-state index in [2.05, 4.69) is 57.6 Å². The molecule has 0 spiro atoms. The van der Waals surface area contributed by atoms with Gasteiger partial charge in [0.05, 0.1) is 0 Å². The van der Waals surface area contributed by atoms with Crippen molar-refractivity contribution in [3.63, 3.8) is 0 Å². The Balaban J connectivity index is 2.27. The number of nitrogens with one attached hydrogen (secondary N) is 1. The van der Waals surface area contributed by atoms with Crippen LogP contribution in [0.3, 0.4) is 0 Å². The Hall–Kier alpha value is -3.41. The molecule has 0 amide bonds. The third-order valence-electron chi connectivity index (χ3n) is 4.68. The number of benzene rings is 3. The standard InChI is InChI=1S/C23H19N4P/c1-18-25-23(27-26-18)22(17-24)28(19-11-5-2-6-12-19,20-13-7-3-8-14-20)21-15-9-4-10-16-21/h2-16H,1H3,(H,25,26,27). The van der Waals surface area contributed by atoms with Crippen LogP contribution >= 0.6 is 6.89 Å². The number of H-pyrrole nitrogens is 1. The first-order chi connectivity index (χ1) is 13.8. The maximum atomic E-state index is 10.4. The number of nitriles is 1. The predicted octanol–water partition coefficient (Wildman–Crippen LogP) is 3.15. The molecule has 4 rings (SSSR count). The van der Waals surface area contributed by atoms with Gasteiger partial charge in [-0.25, -0.2) is 4.98 Å². The van der Waals surface area contributed by atoms with Crippen LogP contribution in [-0.4, -0.2) is 20.5 Å². The Kier molecular flexibility index (Phi) is 4.93. The third-order valence-corrected chi connectivity index (χ3v) is 8.87. The summed E-state index contributed by atoms with van der Waals surface area (Å²) in [7, 11) is 0. The van der Waals surface area contributed by atoms with E-state index in [0.717, 1.165) is 15.9 Å². The fourth-order valence-electron chi connectivity index (χ4n) is 3.51. The molecular formula is C23H19N4P. The Labute approximate surface area is 164 Å². The Morgan fingerprint density at radius 2 is 1.21 bits per heavy atom. The summed E-state index contributed by atoms with van der Waals surface area (Å²) in [6.45, 7) is -0.615. The first kappa shape index (κ1) is 18.0. The molecule has 0 atom stereocenters. The second-order valence-electron chi connectivity index (χ2n) is 6.38. The van der Waals surface area contributed by atoms with Crippen molar-refractivity contribution in [2.75, 3.05) is 0 Å². The van der Waals surface area contributed by atoms with E-state index in [1.807, 2.05) is 61.5 Å². The smallest absolute Gasteiger partial charge is 0.192 e. The minimum atomic E-state index is -2.46. The molecule has 0 aliphatic heterocycles. The van der Waals surface area contributed by atoms with Crippen LogP contribution in [0, 0.1) is 18.3 Å². The quantitative estimate of drug-likeness (QED) is 0.552. The van der Waals surface area contributed by atoms with Gasteiger partial charge in [-0.2, -0.15) is 10.4 Å². The highest BCUT2D eigenvalue weighted by Crippen LogP contribution is 2.46. The highest BCUT2D eigenvalue weighted by atomic mass is 31.2. The Morgan fingerprint density at radius 1 is 0.786 bits per heavy atom. The van der Waals surface area contributed by atoms with Crippen molar-refractivity contribution in [2.24, 2.45) is 0 Å². The molecular weight excluding hydrogens is 363 g/mol. The van der Waals surface area contributed by atoms with Gasteiger partial charge in [0, 0.05) is 0 Å². The highest BCUT2D eigenvalue weighted by Gasteiger charge is 2.32. The average molecular weight is 382 g/mol. The van der Waals surface area contributed by atoms with E-state index in [-0.39, 0.29) is 0 Å². The van der Waals surface area contributed by atoms with Gasteiger partial charge in [0.1, 0.15) is 17.2 Å². The maximum absolute atomic E-state index is 10.4. The summed E-state index contributed by atoms with van der Waals surface area (Å²) < 4.78 is 0. The zero-order chi connectivity index (χ0) is 19.4. The van der Waals surface area contributed by atoms with Gasteiger partial charge in [-0.05, 0) is 29.7 Å². The molecule has 0 aliphatic rings. The van der Waals surface area contributed by atoms with Crippen molar-refractivity contribution in [2.45, 2.75) is 6.92 Å². The first-order valence-corrected chi connectivity index (χ1v) is 10.8. The van der Waals surface area contributed by atoms with Gasteiger partial charge in [-0.15, -0.1) is 0 Å². The average Bonchev–Trinajstić information content (AvgIpc) is 3.19. The van der Waals surface area contributed by atoms with E-state index in [0.29, 0.717) is 16.9 Å². The van der Waals surface area contributed by atoms with Crippen molar-refractivity contribution in [3.05, 3.63) is 103 Å². The molecule has 1 N–H and O–H groups in total. The molecule has 0 radical (unpaired) electrons. The van der Waals surface area contributed by atoms with Crippen molar-refractivity contribution in [1.82, 2.24) is 15.2 Å². The van der Waals surface area contributed by atoms with E-state index in [9.17, 15) is 5.26 Å². The second kappa shape index (κ2) is 7.68. The van der Waals surface area contributed by atoms with Gasteiger partial charge >= 0.3 is 0 Å². The lowest BCUT2D eigenvalue weighted by Crippen LogP contribution is -2.30. The number of hydrogen-bond donors (Lipinski definition) is 1. The number of aromatic nitrogens is 3. The summed E-state index contributed by atoms with van der Waals surface area (Å²) in [5.74, 6) is 1.15. The zero-order valence-electron chi connectivity index (χ0n) is 15.4.